The van der Waals surface area contributed by atoms with Crippen LogP contribution in [0.5, 0.6) is 11.5 Å². The Morgan fingerprint density at radius 1 is 0.846 bits per heavy atom. The molecule has 4 aromatic rings. The highest BCUT2D eigenvalue weighted by atomic mass is 16.5. The van der Waals surface area contributed by atoms with Crippen molar-refractivity contribution in [3.8, 4) is 22.8 Å². The van der Waals surface area contributed by atoms with Crippen LogP contribution in [0.15, 0.2) is 79.1 Å². The van der Waals surface area contributed by atoms with Gasteiger partial charge in [-0.15, -0.1) is 0 Å². The second-order valence-corrected chi connectivity index (χ2v) is 6.12. The van der Waals surface area contributed by atoms with Gasteiger partial charge in [-0.1, -0.05) is 36.4 Å². The van der Waals surface area contributed by atoms with Crippen LogP contribution in [0, 0.1) is 0 Å². The number of aromatic nitrogens is 2. The monoisotopic (exact) mass is 345 g/mol. The van der Waals surface area contributed by atoms with Gasteiger partial charge in [0.15, 0.2) is 17.2 Å². The van der Waals surface area contributed by atoms with E-state index < -0.39 is 0 Å². The second kappa shape index (κ2) is 6.92. The zero-order valence-electron chi connectivity index (χ0n) is 14.9. The van der Waals surface area contributed by atoms with Crippen LogP contribution in [0.2, 0.25) is 0 Å². The average Bonchev–Trinajstić information content (AvgIpc) is 3.07. The number of methoxy groups -OCH3 is 2. The molecule has 0 saturated heterocycles. The van der Waals surface area contributed by atoms with Gasteiger partial charge in [0, 0.05) is 11.6 Å². The first-order valence-electron chi connectivity index (χ1n) is 8.56. The normalized spacial score (nSPS) is 10.8. The summed E-state index contributed by atoms with van der Waals surface area (Å²) in [7, 11) is 3.32. The van der Waals surface area contributed by atoms with Crippen molar-refractivity contribution >= 4 is 5.65 Å². The summed E-state index contributed by atoms with van der Waals surface area (Å²) in [5.74, 6) is 1.46. The lowest BCUT2D eigenvalue weighted by molar-refractivity contribution is -0.510. The summed E-state index contributed by atoms with van der Waals surface area (Å²) in [5.41, 5.74) is 4.61. The van der Waals surface area contributed by atoms with E-state index in [1.807, 2.05) is 24.3 Å². The lowest BCUT2D eigenvalue weighted by Crippen LogP contribution is -2.18. The third-order valence-corrected chi connectivity index (χ3v) is 4.56. The maximum Gasteiger partial charge on any atom is 0.286 e. The van der Waals surface area contributed by atoms with Gasteiger partial charge < -0.3 is 9.47 Å². The topological polar surface area (TPSA) is 27.5 Å². The molecule has 0 N–H and O–H groups in total. The van der Waals surface area contributed by atoms with Crippen molar-refractivity contribution in [3.05, 3.63) is 84.7 Å². The van der Waals surface area contributed by atoms with Crippen LogP contribution in [0.25, 0.3) is 16.9 Å². The number of benzene rings is 2. The van der Waals surface area contributed by atoms with Crippen LogP contribution < -0.4 is 13.9 Å². The van der Waals surface area contributed by atoms with E-state index in [2.05, 4.69) is 63.8 Å². The SMILES string of the molecule is COc1ccc(-c2c[n+]3ccccc3n2Cc2ccccc2)cc1OC. The predicted molar refractivity (Wildman–Crippen MR) is 102 cm³/mol. The largest absolute Gasteiger partial charge is 0.493 e. The maximum atomic E-state index is 5.49. The smallest absolute Gasteiger partial charge is 0.286 e. The van der Waals surface area contributed by atoms with Gasteiger partial charge in [-0.2, -0.15) is 0 Å². The van der Waals surface area contributed by atoms with E-state index in [0.717, 1.165) is 34.9 Å². The van der Waals surface area contributed by atoms with E-state index in [1.165, 1.54) is 5.56 Å². The minimum atomic E-state index is 0.728. The van der Waals surface area contributed by atoms with Gasteiger partial charge in [0.25, 0.3) is 5.65 Å². The molecule has 0 fully saturated rings. The Labute approximate surface area is 152 Å². The van der Waals surface area contributed by atoms with E-state index in [9.17, 15) is 0 Å². The van der Waals surface area contributed by atoms with Crippen molar-refractivity contribution in [2.24, 2.45) is 0 Å². The third kappa shape index (κ3) is 2.90. The zero-order chi connectivity index (χ0) is 17.9. The lowest BCUT2D eigenvalue weighted by Gasteiger charge is -2.09. The molecule has 0 aliphatic rings. The molecule has 4 nitrogen and oxygen atoms in total. The molecule has 2 aromatic carbocycles. The van der Waals surface area contributed by atoms with Gasteiger partial charge in [0.2, 0.25) is 0 Å². The van der Waals surface area contributed by atoms with Gasteiger partial charge in [-0.05, 0) is 29.8 Å². The van der Waals surface area contributed by atoms with Crippen molar-refractivity contribution in [1.82, 2.24) is 4.57 Å². The fourth-order valence-corrected chi connectivity index (χ4v) is 3.27. The molecule has 4 heteroatoms. The molecule has 130 valence electrons. The fourth-order valence-electron chi connectivity index (χ4n) is 3.27. The minimum Gasteiger partial charge on any atom is -0.493 e. The number of imidazole rings is 1. The molecule has 26 heavy (non-hydrogen) atoms. The molecule has 0 bridgehead atoms. The number of rotatable bonds is 5. The molecule has 0 aliphatic carbocycles. The first-order chi connectivity index (χ1) is 12.8. The Bertz CT molecular complexity index is 1040. The van der Waals surface area contributed by atoms with Gasteiger partial charge in [0.1, 0.15) is 12.7 Å². The summed E-state index contributed by atoms with van der Waals surface area (Å²) < 4.78 is 15.3. The molecule has 0 spiro atoms. The van der Waals surface area contributed by atoms with Gasteiger partial charge in [-0.3, -0.25) is 0 Å². The molecular formula is C22H21N2O2+. The lowest BCUT2D eigenvalue weighted by atomic mass is 10.1. The Kier molecular flexibility index (Phi) is 4.32. The predicted octanol–water partition coefficient (Wildman–Crippen LogP) is 3.96. The summed E-state index contributed by atoms with van der Waals surface area (Å²) in [6, 6.07) is 22.8. The summed E-state index contributed by atoms with van der Waals surface area (Å²) in [5, 5.41) is 0. The third-order valence-electron chi connectivity index (χ3n) is 4.56. The van der Waals surface area contributed by atoms with Crippen LogP contribution in [0.3, 0.4) is 0 Å². The van der Waals surface area contributed by atoms with Crippen LogP contribution in [-0.2, 0) is 6.54 Å². The summed E-state index contributed by atoms with van der Waals surface area (Å²) in [4.78, 5) is 0. The molecular weight excluding hydrogens is 324 g/mol. The fraction of sp³-hybridized carbons (Fsp3) is 0.136. The molecule has 2 heterocycles. The highest BCUT2D eigenvalue weighted by Crippen LogP contribution is 2.32. The highest BCUT2D eigenvalue weighted by molar-refractivity contribution is 5.65. The summed E-state index contributed by atoms with van der Waals surface area (Å²) in [6.45, 7) is 0.797. The van der Waals surface area contributed by atoms with Crippen LogP contribution in [0.4, 0.5) is 0 Å². The molecule has 0 aliphatic heterocycles. The van der Waals surface area contributed by atoms with Crippen LogP contribution in [-0.4, -0.2) is 18.8 Å². The van der Waals surface area contributed by atoms with Crippen molar-refractivity contribution in [2.45, 2.75) is 6.54 Å². The van der Waals surface area contributed by atoms with Gasteiger partial charge >= 0.3 is 0 Å². The Morgan fingerprint density at radius 3 is 2.38 bits per heavy atom. The molecule has 0 atom stereocenters. The minimum absolute atomic E-state index is 0.728. The molecule has 0 radical (unpaired) electrons. The molecule has 4 rings (SSSR count). The van der Waals surface area contributed by atoms with Crippen molar-refractivity contribution in [2.75, 3.05) is 14.2 Å². The summed E-state index contributed by atoms with van der Waals surface area (Å²) >= 11 is 0. The molecule has 0 unspecified atom stereocenters. The highest BCUT2D eigenvalue weighted by Gasteiger charge is 2.20. The van der Waals surface area contributed by atoms with E-state index in [4.69, 9.17) is 9.47 Å². The van der Waals surface area contributed by atoms with Gasteiger partial charge in [0.05, 0.1) is 20.4 Å². The average molecular weight is 345 g/mol. The van der Waals surface area contributed by atoms with Crippen molar-refractivity contribution in [3.63, 3.8) is 0 Å². The first kappa shape index (κ1) is 16.2. The first-order valence-corrected chi connectivity index (χ1v) is 8.56. The zero-order valence-corrected chi connectivity index (χ0v) is 14.9. The number of fused-ring (bicyclic) bond motifs is 1. The number of hydrogen-bond acceptors (Lipinski definition) is 2. The van der Waals surface area contributed by atoms with E-state index in [1.54, 1.807) is 14.2 Å². The quantitative estimate of drug-likeness (QED) is 0.512. The number of pyridine rings is 1. The number of hydrogen-bond donors (Lipinski definition) is 0. The molecule has 2 aromatic heterocycles. The molecule has 0 amide bonds. The maximum absolute atomic E-state index is 5.49. The second-order valence-electron chi connectivity index (χ2n) is 6.12. The van der Waals surface area contributed by atoms with Crippen molar-refractivity contribution < 1.29 is 13.9 Å². The Balaban J connectivity index is 1.88. The Morgan fingerprint density at radius 2 is 1.62 bits per heavy atom. The standard InChI is InChI=1S/C22H21N2O2/c1-25-20-12-11-18(14-21(20)26-2)19-16-23-13-7-6-10-22(23)24(19)15-17-8-4-3-5-9-17/h3-14,16H,15H2,1-2H3/q+1. The van der Waals surface area contributed by atoms with E-state index >= 15 is 0 Å². The van der Waals surface area contributed by atoms with Crippen LogP contribution in [0.1, 0.15) is 5.56 Å². The van der Waals surface area contributed by atoms with E-state index in [0.29, 0.717) is 0 Å². The Hall–Kier alpha value is -3.27. The summed E-state index contributed by atoms with van der Waals surface area (Å²) in [6.07, 6.45) is 4.22. The molecule has 0 saturated carbocycles. The number of ether oxygens (including phenoxy) is 2. The number of nitrogens with zero attached hydrogens (tertiary/aromatic N) is 2. The van der Waals surface area contributed by atoms with Crippen molar-refractivity contribution in [1.29, 1.82) is 0 Å². The van der Waals surface area contributed by atoms with Crippen LogP contribution >= 0.6 is 0 Å². The van der Waals surface area contributed by atoms with E-state index in [-0.39, 0.29) is 0 Å². The van der Waals surface area contributed by atoms with Gasteiger partial charge in [-0.25, -0.2) is 8.97 Å².